The van der Waals surface area contributed by atoms with Gasteiger partial charge in [-0.25, -0.2) is 0 Å². The fraction of sp³-hybridized carbons (Fsp3) is 0.583. The standard InChI is InChI=1S/C12H18N2O2/c13-6-3-10-1-2-12(9-14-10)16-11-4-7-15-8-5-11/h1-2,9,11H,3-8,13H2. The molecule has 0 aromatic carbocycles. The molecule has 0 spiro atoms. The summed E-state index contributed by atoms with van der Waals surface area (Å²) in [6.07, 6.45) is 4.79. The van der Waals surface area contributed by atoms with E-state index in [1.807, 2.05) is 12.1 Å². The monoisotopic (exact) mass is 222 g/mol. The first-order valence-corrected chi connectivity index (χ1v) is 5.78. The molecule has 1 aliphatic rings. The van der Waals surface area contributed by atoms with E-state index in [0.717, 1.165) is 43.9 Å². The SMILES string of the molecule is NCCc1ccc(OC2CCOCC2)cn1. The Kier molecular flexibility index (Phi) is 4.13. The molecule has 4 nitrogen and oxygen atoms in total. The van der Waals surface area contributed by atoms with E-state index in [4.69, 9.17) is 15.2 Å². The Balaban J connectivity index is 1.88. The number of pyridine rings is 1. The Hall–Kier alpha value is -1.13. The van der Waals surface area contributed by atoms with Gasteiger partial charge in [-0.05, 0) is 18.7 Å². The van der Waals surface area contributed by atoms with Crippen LogP contribution in [-0.4, -0.2) is 30.8 Å². The van der Waals surface area contributed by atoms with Gasteiger partial charge in [-0.1, -0.05) is 0 Å². The van der Waals surface area contributed by atoms with Gasteiger partial charge in [-0.15, -0.1) is 0 Å². The molecule has 0 radical (unpaired) electrons. The first-order chi connectivity index (χ1) is 7.88. The quantitative estimate of drug-likeness (QED) is 0.830. The lowest BCUT2D eigenvalue weighted by Gasteiger charge is -2.23. The van der Waals surface area contributed by atoms with E-state index in [0.29, 0.717) is 6.54 Å². The normalized spacial score (nSPS) is 17.3. The Morgan fingerprint density at radius 2 is 2.19 bits per heavy atom. The fourth-order valence-corrected chi connectivity index (χ4v) is 1.76. The summed E-state index contributed by atoms with van der Waals surface area (Å²) in [6, 6.07) is 3.94. The Labute approximate surface area is 95.8 Å². The van der Waals surface area contributed by atoms with Gasteiger partial charge in [-0.3, -0.25) is 4.98 Å². The molecule has 4 heteroatoms. The van der Waals surface area contributed by atoms with E-state index in [9.17, 15) is 0 Å². The molecule has 2 rings (SSSR count). The highest BCUT2D eigenvalue weighted by Crippen LogP contribution is 2.17. The van der Waals surface area contributed by atoms with Crippen LogP contribution in [0.4, 0.5) is 0 Å². The summed E-state index contributed by atoms with van der Waals surface area (Å²) in [5, 5.41) is 0. The molecule has 88 valence electrons. The van der Waals surface area contributed by atoms with Gasteiger partial charge >= 0.3 is 0 Å². The zero-order chi connectivity index (χ0) is 11.2. The number of aromatic nitrogens is 1. The van der Waals surface area contributed by atoms with Crippen molar-refractivity contribution in [2.45, 2.75) is 25.4 Å². The molecule has 2 N–H and O–H groups in total. The highest BCUT2D eigenvalue weighted by molar-refractivity contribution is 5.20. The van der Waals surface area contributed by atoms with Gasteiger partial charge in [0.05, 0.1) is 19.4 Å². The third-order valence-electron chi connectivity index (χ3n) is 2.67. The van der Waals surface area contributed by atoms with Gasteiger partial charge < -0.3 is 15.2 Å². The maximum Gasteiger partial charge on any atom is 0.138 e. The smallest absolute Gasteiger partial charge is 0.138 e. The minimum absolute atomic E-state index is 0.274. The van der Waals surface area contributed by atoms with Gasteiger partial charge in [0.1, 0.15) is 11.9 Å². The Bertz CT molecular complexity index is 307. The van der Waals surface area contributed by atoms with Crippen molar-refractivity contribution < 1.29 is 9.47 Å². The Morgan fingerprint density at radius 3 is 2.81 bits per heavy atom. The predicted molar refractivity (Wildman–Crippen MR) is 61.5 cm³/mol. The van der Waals surface area contributed by atoms with Crippen molar-refractivity contribution in [3.63, 3.8) is 0 Å². The number of hydrogen-bond donors (Lipinski definition) is 1. The van der Waals surface area contributed by atoms with Crippen LogP contribution in [0.1, 0.15) is 18.5 Å². The largest absolute Gasteiger partial charge is 0.489 e. The summed E-state index contributed by atoms with van der Waals surface area (Å²) in [4.78, 5) is 4.30. The molecule has 1 fully saturated rings. The van der Waals surface area contributed by atoms with Crippen molar-refractivity contribution >= 4 is 0 Å². The molecule has 0 aliphatic carbocycles. The van der Waals surface area contributed by atoms with Crippen molar-refractivity contribution in [2.75, 3.05) is 19.8 Å². The van der Waals surface area contributed by atoms with Crippen LogP contribution < -0.4 is 10.5 Å². The lowest BCUT2D eigenvalue weighted by atomic mass is 10.1. The minimum atomic E-state index is 0.274. The van der Waals surface area contributed by atoms with Crippen molar-refractivity contribution in [1.29, 1.82) is 0 Å². The maximum absolute atomic E-state index is 5.81. The molecular weight excluding hydrogens is 204 g/mol. The molecule has 1 aliphatic heterocycles. The molecule has 0 bridgehead atoms. The molecule has 1 saturated heterocycles. The van der Waals surface area contributed by atoms with Gasteiger partial charge in [-0.2, -0.15) is 0 Å². The molecule has 1 aromatic rings. The number of ether oxygens (including phenoxy) is 2. The lowest BCUT2D eigenvalue weighted by Crippen LogP contribution is -2.25. The summed E-state index contributed by atoms with van der Waals surface area (Å²) < 4.78 is 11.1. The van der Waals surface area contributed by atoms with Crippen LogP contribution >= 0.6 is 0 Å². The minimum Gasteiger partial charge on any atom is -0.489 e. The van der Waals surface area contributed by atoms with Crippen LogP contribution in [-0.2, 0) is 11.2 Å². The number of nitrogens with zero attached hydrogens (tertiary/aromatic N) is 1. The third-order valence-corrected chi connectivity index (χ3v) is 2.67. The summed E-state index contributed by atoms with van der Waals surface area (Å²) >= 11 is 0. The molecule has 0 amide bonds. The zero-order valence-electron chi connectivity index (χ0n) is 9.39. The average molecular weight is 222 g/mol. The van der Waals surface area contributed by atoms with E-state index in [1.165, 1.54) is 0 Å². The molecule has 0 unspecified atom stereocenters. The highest BCUT2D eigenvalue weighted by atomic mass is 16.5. The maximum atomic E-state index is 5.81. The van der Waals surface area contributed by atoms with E-state index in [2.05, 4.69) is 4.98 Å². The van der Waals surface area contributed by atoms with Gasteiger partial charge in [0.15, 0.2) is 0 Å². The molecule has 0 saturated carbocycles. The number of rotatable bonds is 4. The van der Waals surface area contributed by atoms with Gasteiger partial charge in [0.25, 0.3) is 0 Å². The second-order valence-electron chi connectivity index (χ2n) is 3.95. The number of hydrogen-bond acceptors (Lipinski definition) is 4. The van der Waals surface area contributed by atoms with Crippen molar-refractivity contribution in [2.24, 2.45) is 5.73 Å². The molecule has 16 heavy (non-hydrogen) atoms. The summed E-state index contributed by atoms with van der Waals surface area (Å²) in [6.45, 7) is 2.22. The van der Waals surface area contributed by atoms with Crippen LogP contribution in [0.25, 0.3) is 0 Å². The first kappa shape index (κ1) is 11.4. The molecule has 1 aromatic heterocycles. The predicted octanol–water partition coefficient (Wildman–Crippen LogP) is 1.14. The van der Waals surface area contributed by atoms with Gasteiger partial charge in [0, 0.05) is 25.0 Å². The second kappa shape index (κ2) is 5.82. The lowest BCUT2D eigenvalue weighted by molar-refractivity contribution is 0.0254. The Morgan fingerprint density at radius 1 is 1.38 bits per heavy atom. The van der Waals surface area contributed by atoms with Crippen LogP contribution in [0.5, 0.6) is 5.75 Å². The third kappa shape index (κ3) is 3.18. The van der Waals surface area contributed by atoms with E-state index in [1.54, 1.807) is 6.20 Å². The molecule has 2 heterocycles. The van der Waals surface area contributed by atoms with Crippen molar-refractivity contribution in [3.8, 4) is 5.75 Å². The average Bonchev–Trinajstić information content (AvgIpc) is 2.33. The van der Waals surface area contributed by atoms with Crippen molar-refractivity contribution in [1.82, 2.24) is 4.98 Å². The van der Waals surface area contributed by atoms with Crippen LogP contribution in [0.2, 0.25) is 0 Å². The first-order valence-electron chi connectivity index (χ1n) is 5.78. The topological polar surface area (TPSA) is 57.4 Å². The summed E-state index contributed by atoms with van der Waals surface area (Å²) in [5.74, 6) is 0.840. The molecule has 0 atom stereocenters. The summed E-state index contributed by atoms with van der Waals surface area (Å²) in [7, 11) is 0. The summed E-state index contributed by atoms with van der Waals surface area (Å²) in [5.41, 5.74) is 6.48. The van der Waals surface area contributed by atoms with Gasteiger partial charge in [0.2, 0.25) is 0 Å². The van der Waals surface area contributed by atoms with Crippen LogP contribution in [0.15, 0.2) is 18.3 Å². The molecular formula is C12H18N2O2. The van der Waals surface area contributed by atoms with E-state index in [-0.39, 0.29) is 6.10 Å². The zero-order valence-corrected chi connectivity index (χ0v) is 9.39. The van der Waals surface area contributed by atoms with Crippen LogP contribution in [0.3, 0.4) is 0 Å². The second-order valence-corrected chi connectivity index (χ2v) is 3.95. The highest BCUT2D eigenvalue weighted by Gasteiger charge is 2.15. The van der Waals surface area contributed by atoms with Crippen LogP contribution in [0, 0.1) is 0 Å². The van der Waals surface area contributed by atoms with E-state index >= 15 is 0 Å². The van der Waals surface area contributed by atoms with Crippen molar-refractivity contribution in [3.05, 3.63) is 24.0 Å². The van der Waals surface area contributed by atoms with E-state index < -0.39 is 0 Å². The fourth-order valence-electron chi connectivity index (χ4n) is 1.76. The number of nitrogens with two attached hydrogens (primary N) is 1.